The van der Waals surface area contributed by atoms with E-state index in [-0.39, 0.29) is 36.3 Å². The predicted octanol–water partition coefficient (Wildman–Crippen LogP) is 11.1. The first-order valence-electron chi connectivity index (χ1n) is 21.2. The summed E-state index contributed by atoms with van der Waals surface area (Å²) in [6.45, 7) is 13.0. The Balaban J connectivity index is 2.85. The molecule has 0 aromatic heterocycles. The largest absolute Gasteiger partial charge is 0.465 e. The van der Waals surface area contributed by atoms with Crippen molar-refractivity contribution in [3.63, 3.8) is 0 Å². The highest BCUT2D eigenvalue weighted by Crippen LogP contribution is 2.29. The Morgan fingerprint density at radius 2 is 0.938 bits per heavy atom. The Hall–Kier alpha value is -1.14. The minimum atomic E-state index is -0.0297. The second kappa shape index (κ2) is 31.8. The van der Waals surface area contributed by atoms with Crippen LogP contribution in [-0.2, 0) is 19.1 Å². The summed E-state index contributed by atoms with van der Waals surface area (Å²) in [4.78, 5) is 29.6. The van der Waals surface area contributed by atoms with E-state index in [4.69, 9.17) is 9.47 Å². The fourth-order valence-electron chi connectivity index (χ4n) is 7.41. The summed E-state index contributed by atoms with van der Waals surface area (Å²) in [5.74, 6) is 0.345. The maximum Gasteiger partial charge on any atom is 0.308 e. The fraction of sp³-hybridized carbons (Fsp3) is 0.952. The lowest BCUT2D eigenvalue weighted by Crippen LogP contribution is -2.39. The lowest BCUT2D eigenvalue weighted by atomic mass is 9.85. The molecule has 284 valence electrons. The van der Waals surface area contributed by atoms with Crippen LogP contribution in [0.3, 0.4) is 0 Å². The minimum Gasteiger partial charge on any atom is -0.465 e. The highest BCUT2D eigenvalue weighted by molar-refractivity contribution is 5.73. The number of ether oxygens (including phenoxy) is 2. The molecule has 0 radical (unpaired) electrons. The standard InChI is InChI=1S/C42H81NO5/c1-5-9-13-15-17-21-27-38(25-19-11-7-3)41(45)47-35-40(37-29-32-43(33-30-37)31-23-24-34-44)36-48-42(46)39(26-20-12-8-4)28-22-18-16-14-10-6-2/h37-40,44H,5-36H2,1-4H3. The smallest absolute Gasteiger partial charge is 0.308 e. The van der Waals surface area contributed by atoms with Gasteiger partial charge in [0.1, 0.15) is 0 Å². The maximum atomic E-state index is 13.5. The lowest BCUT2D eigenvalue weighted by molar-refractivity contribution is -0.156. The molecular weight excluding hydrogens is 598 g/mol. The van der Waals surface area contributed by atoms with Gasteiger partial charge in [0.05, 0.1) is 25.0 Å². The molecule has 1 heterocycles. The van der Waals surface area contributed by atoms with Crippen molar-refractivity contribution in [3.8, 4) is 0 Å². The summed E-state index contributed by atoms with van der Waals surface area (Å²) in [5, 5.41) is 9.20. The number of unbranched alkanes of at least 4 members (excludes halogenated alkanes) is 15. The molecule has 1 N–H and O–H groups in total. The van der Waals surface area contributed by atoms with Crippen molar-refractivity contribution in [3.05, 3.63) is 0 Å². The Bertz CT molecular complexity index is 692. The SMILES string of the molecule is CCCCCCCCC(CCCCC)C(=O)OCC(COC(=O)C(CCCCC)CCCCCCCC)C1CCN(CCCCO)CC1. The van der Waals surface area contributed by atoms with E-state index in [0.717, 1.165) is 122 Å². The summed E-state index contributed by atoms with van der Waals surface area (Å²) < 4.78 is 12.3. The van der Waals surface area contributed by atoms with E-state index in [9.17, 15) is 14.7 Å². The summed E-state index contributed by atoms with van der Waals surface area (Å²) in [7, 11) is 0. The fourth-order valence-corrected chi connectivity index (χ4v) is 7.41. The molecule has 1 saturated heterocycles. The molecule has 0 saturated carbocycles. The van der Waals surface area contributed by atoms with Gasteiger partial charge in [0, 0.05) is 12.5 Å². The Morgan fingerprint density at radius 3 is 1.35 bits per heavy atom. The van der Waals surface area contributed by atoms with Crippen LogP contribution in [0.5, 0.6) is 0 Å². The molecule has 48 heavy (non-hydrogen) atoms. The van der Waals surface area contributed by atoms with Crippen molar-refractivity contribution in [1.82, 2.24) is 4.90 Å². The van der Waals surface area contributed by atoms with Gasteiger partial charge in [-0.2, -0.15) is 0 Å². The Labute approximate surface area is 298 Å². The highest BCUT2D eigenvalue weighted by Gasteiger charge is 2.31. The van der Waals surface area contributed by atoms with Crippen molar-refractivity contribution in [2.45, 2.75) is 195 Å². The first-order valence-corrected chi connectivity index (χ1v) is 21.2. The van der Waals surface area contributed by atoms with Crippen molar-refractivity contribution < 1.29 is 24.2 Å². The second-order valence-electron chi connectivity index (χ2n) is 15.1. The summed E-state index contributed by atoms with van der Waals surface area (Å²) in [6, 6.07) is 0. The zero-order chi connectivity index (χ0) is 35.1. The first kappa shape index (κ1) is 44.9. The summed E-state index contributed by atoms with van der Waals surface area (Å²) >= 11 is 0. The molecule has 1 rings (SSSR count). The van der Waals surface area contributed by atoms with Crippen LogP contribution >= 0.6 is 0 Å². The molecule has 0 amide bonds. The molecule has 0 aromatic rings. The highest BCUT2D eigenvalue weighted by atomic mass is 16.5. The third-order valence-electron chi connectivity index (χ3n) is 10.9. The van der Waals surface area contributed by atoms with Crippen molar-refractivity contribution in [1.29, 1.82) is 0 Å². The molecule has 0 aliphatic carbocycles. The van der Waals surface area contributed by atoms with E-state index >= 15 is 0 Å². The average Bonchev–Trinajstić information content (AvgIpc) is 3.10. The monoisotopic (exact) mass is 680 g/mol. The number of hydrogen-bond donors (Lipinski definition) is 1. The number of nitrogens with zero attached hydrogens (tertiary/aromatic N) is 1. The number of carbonyl (C=O) groups excluding carboxylic acids is 2. The van der Waals surface area contributed by atoms with Gasteiger partial charge >= 0.3 is 11.9 Å². The molecule has 1 aliphatic rings. The number of likely N-dealkylation sites (tertiary alicyclic amines) is 1. The number of esters is 2. The number of carbonyl (C=O) groups is 2. The van der Waals surface area contributed by atoms with E-state index in [1.165, 1.54) is 64.2 Å². The van der Waals surface area contributed by atoms with Gasteiger partial charge in [0.2, 0.25) is 0 Å². The number of aliphatic hydroxyl groups excluding tert-OH is 1. The van der Waals surface area contributed by atoms with Crippen molar-refractivity contribution in [2.24, 2.45) is 23.7 Å². The van der Waals surface area contributed by atoms with Crippen LogP contribution in [0, 0.1) is 23.7 Å². The average molecular weight is 680 g/mol. The molecular formula is C42H81NO5. The Morgan fingerprint density at radius 1 is 0.562 bits per heavy atom. The molecule has 2 atom stereocenters. The lowest BCUT2D eigenvalue weighted by Gasteiger charge is -2.36. The topological polar surface area (TPSA) is 76.1 Å². The molecule has 1 aliphatic heterocycles. The maximum absolute atomic E-state index is 13.5. The first-order chi connectivity index (χ1) is 23.5. The van der Waals surface area contributed by atoms with Gasteiger partial charge in [-0.25, -0.2) is 0 Å². The van der Waals surface area contributed by atoms with Gasteiger partial charge in [0.25, 0.3) is 0 Å². The van der Waals surface area contributed by atoms with Gasteiger partial charge in [-0.3, -0.25) is 9.59 Å². The van der Waals surface area contributed by atoms with Gasteiger partial charge < -0.3 is 19.5 Å². The van der Waals surface area contributed by atoms with Crippen LogP contribution in [0.4, 0.5) is 0 Å². The zero-order valence-corrected chi connectivity index (χ0v) is 32.5. The summed E-state index contributed by atoms with van der Waals surface area (Å²) in [5.41, 5.74) is 0. The van der Waals surface area contributed by atoms with Crippen LogP contribution in [0.2, 0.25) is 0 Å². The van der Waals surface area contributed by atoms with Gasteiger partial charge in [-0.15, -0.1) is 0 Å². The number of rotatable bonds is 33. The van der Waals surface area contributed by atoms with Crippen LogP contribution in [0.1, 0.15) is 195 Å². The molecule has 2 unspecified atom stereocenters. The quantitative estimate of drug-likeness (QED) is 0.0549. The van der Waals surface area contributed by atoms with E-state index in [0.29, 0.717) is 19.1 Å². The molecule has 6 nitrogen and oxygen atoms in total. The normalized spacial score (nSPS) is 16.1. The van der Waals surface area contributed by atoms with E-state index in [2.05, 4.69) is 32.6 Å². The van der Waals surface area contributed by atoms with Crippen LogP contribution in [0.25, 0.3) is 0 Å². The Kier molecular flexibility index (Phi) is 29.7. The van der Waals surface area contributed by atoms with Crippen molar-refractivity contribution >= 4 is 11.9 Å². The minimum absolute atomic E-state index is 0.0143. The number of hydrogen-bond acceptors (Lipinski definition) is 6. The van der Waals surface area contributed by atoms with Crippen molar-refractivity contribution in [2.75, 3.05) is 39.5 Å². The van der Waals surface area contributed by atoms with Crippen LogP contribution < -0.4 is 0 Å². The van der Waals surface area contributed by atoms with E-state index in [1.807, 2.05) is 0 Å². The predicted molar refractivity (Wildman–Crippen MR) is 202 cm³/mol. The zero-order valence-electron chi connectivity index (χ0n) is 32.5. The van der Waals surface area contributed by atoms with Crippen LogP contribution in [-0.4, -0.2) is 61.4 Å². The molecule has 6 heteroatoms. The number of piperidine rings is 1. The van der Waals surface area contributed by atoms with Gasteiger partial charge in [0.15, 0.2) is 0 Å². The second-order valence-corrected chi connectivity index (χ2v) is 15.1. The van der Waals surface area contributed by atoms with Crippen LogP contribution in [0.15, 0.2) is 0 Å². The van der Waals surface area contributed by atoms with E-state index in [1.54, 1.807) is 0 Å². The molecule has 0 bridgehead atoms. The summed E-state index contributed by atoms with van der Waals surface area (Å²) in [6.07, 6.45) is 29.3. The van der Waals surface area contributed by atoms with E-state index < -0.39 is 0 Å². The molecule has 0 aromatic carbocycles. The molecule has 1 fully saturated rings. The third kappa shape index (κ3) is 22.6. The third-order valence-corrected chi connectivity index (χ3v) is 10.9. The number of aliphatic hydroxyl groups is 1. The molecule has 0 spiro atoms. The van der Waals surface area contributed by atoms with Gasteiger partial charge in [-0.05, 0) is 76.9 Å². The van der Waals surface area contributed by atoms with Gasteiger partial charge in [-0.1, -0.05) is 143 Å².